The number of fused-ring (bicyclic) bond motifs is 12. The van der Waals surface area contributed by atoms with Crippen LogP contribution in [0, 0.1) is 0 Å². The molecule has 0 fully saturated rings. The third-order valence-corrected chi connectivity index (χ3v) is 12.6. The summed E-state index contributed by atoms with van der Waals surface area (Å²) in [5.41, 5.74) is 21.6. The standard InChI is InChI=1S/C58H37N/c1-3-17-38(18-4-1)54-36-45(37-55(59-54)39-19-5-2-6-20-39)42-24-15-22-40(33-42)41-23-16-25-43(34-41)50-35-44-21-7-8-26-46(44)57-56(50)49-29-11-14-32-53(49)58(57)51-30-12-9-27-47(51)48-28-10-13-31-52(48)58/h1-37H. The van der Waals surface area contributed by atoms with E-state index in [9.17, 15) is 0 Å². The molecule has 10 aromatic rings. The van der Waals surface area contributed by atoms with Crippen molar-refractivity contribution in [3.05, 3.63) is 247 Å². The van der Waals surface area contributed by atoms with Crippen molar-refractivity contribution in [2.45, 2.75) is 5.41 Å². The zero-order chi connectivity index (χ0) is 38.9. The molecule has 1 nitrogen and oxygen atoms in total. The van der Waals surface area contributed by atoms with E-state index in [4.69, 9.17) is 4.98 Å². The Morgan fingerprint density at radius 2 is 0.729 bits per heavy atom. The molecule has 1 heterocycles. The predicted octanol–water partition coefficient (Wildman–Crippen LogP) is 14.9. The van der Waals surface area contributed by atoms with E-state index in [0.717, 1.165) is 33.6 Å². The molecule has 1 aromatic heterocycles. The van der Waals surface area contributed by atoms with Crippen molar-refractivity contribution in [2.75, 3.05) is 0 Å². The van der Waals surface area contributed by atoms with Crippen molar-refractivity contribution in [1.29, 1.82) is 0 Å². The second-order valence-electron chi connectivity index (χ2n) is 15.8. The molecule has 0 saturated carbocycles. The third kappa shape index (κ3) is 5.08. The maximum absolute atomic E-state index is 5.14. The number of nitrogens with zero attached hydrogens (tertiary/aromatic N) is 1. The largest absolute Gasteiger partial charge is 0.248 e. The average molecular weight is 748 g/mol. The molecule has 0 amide bonds. The zero-order valence-corrected chi connectivity index (χ0v) is 32.3. The summed E-state index contributed by atoms with van der Waals surface area (Å²) in [6.07, 6.45) is 0. The van der Waals surface area contributed by atoms with Gasteiger partial charge in [-0.25, -0.2) is 4.98 Å². The van der Waals surface area contributed by atoms with Gasteiger partial charge in [0.05, 0.1) is 16.8 Å². The summed E-state index contributed by atoms with van der Waals surface area (Å²) in [4.78, 5) is 5.14. The summed E-state index contributed by atoms with van der Waals surface area (Å²) < 4.78 is 0. The van der Waals surface area contributed by atoms with Crippen molar-refractivity contribution < 1.29 is 0 Å². The lowest BCUT2D eigenvalue weighted by Crippen LogP contribution is -2.26. The van der Waals surface area contributed by atoms with Crippen molar-refractivity contribution in [2.24, 2.45) is 0 Å². The van der Waals surface area contributed by atoms with E-state index in [0.29, 0.717) is 0 Å². The minimum atomic E-state index is -0.428. The number of aromatic nitrogens is 1. The van der Waals surface area contributed by atoms with E-state index in [2.05, 4.69) is 224 Å². The van der Waals surface area contributed by atoms with Crippen LogP contribution in [0.15, 0.2) is 224 Å². The Morgan fingerprint density at radius 3 is 1.34 bits per heavy atom. The highest BCUT2D eigenvalue weighted by molar-refractivity contribution is 6.09. The Labute approximate surface area is 344 Å². The molecular formula is C58H37N. The Kier molecular flexibility index (Phi) is 7.52. The first kappa shape index (κ1) is 33.5. The van der Waals surface area contributed by atoms with Crippen LogP contribution in [0.5, 0.6) is 0 Å². The van der Waals surface area contributed by atoms with Gasteiger partial charge >= 0.3 is 0 Å². The van der Waals surface area contributed by atoms with Crippen LogP contribution in [0.2, 0.25) is 0 Å². The maximum atomic E-state index is 5.14. The van der Waals surface area contributed by atoms with Gasteiger partial charge in [-0.15, -0.1) is 0 Å². The summed E-state index contributed by atoms with van der Waals surface area (Å²) in [6.45, 7) is 0. The van der Waals surface area contributed by atoms with Crippen LogP contribution in [-0.2, 0) is 5.41 Å². The van der Waals surface area contributed by atoms with Crippen molar-refractivity contribution in [3.63, 3.8) is 0 Å². The molecule has 274 valence electrons. The van der Waals surface area contributed by atoms with Crippen LogP contribution in [0.3, 0.4) is 0 Å². The Morgan fingerprint density at radius 1 is 0.288 bits per heavy atom. The molecule has 0 unspecified atom stereocenters. The Hall–Kier alpha value is -7.61. The normalized spacial score (nSPS) is 12.9. The van der Waals surface area contributed by atoms with E-state index in [1.165, 1.54) is 77.5 Å². The molecule has 1 heteroatoms. The smallest absolute Gasteiger partial charge is 0.0731 e. The molecule has 0 atom stereocenters. The topological polar surface area (TPSA) is 12.9 Å². The molecule has 0 aliphatic heterocycles. The fraction of sp³-hybridized carbons (Fsp3) is 0.0172. The molecule has 2 aliphatic rings. The summed E-state index contributed by atoms with van der Waals surface area (Å²) >= 11 is 0. The highest BCUT2D eigenvalue weighted by Crippen LogP contribution is 2.65. The van der Waals surface area contributed by atoms with E-state index in [1.807, 2.05) is 0 Å². The minimum Gasteiger partial charge on any atom is -0.248 e. The van der Waals surface area contributed by atoms with Crippen molar-refractivity contribution >= 4 is 10.8 Å². The third-order valence-electron chi connectivity index (χ3n) is 12.6. The Bertz CT molecular complexity index is 3160. The number of hydrogen-bond acceptors (Lipinski definition) is 1. The summed E-state index contributed by atoms with van der Waals surface area (Å²) in [7, 11) is 0. The first-order valence-electron chi connectivity index (χ1n) is 20.5. The molecule has 0 N–H and O–H groups in total. The SMILES string of the molecule is c1ccc(-c2cc(-c3cccc(-c4cccc(-c5cc6ccccc6c6c5-c5ccccc5C65c6ccccc6-c6ccccc65)c4)c3)cc(-c3ccccc3)n2)cc1. The van der Waals surface area contributed by atoms with Crippen LogP contribution in [0.1, 0.15) is 22.3 Å². The van der Waals surface area contributed by atoms with Crippen LogP contribution in [0.4, 0.5) is 0 Å². The molecule has 12 rings (SSSR count). The van der Waals surface area contributed by atoms with Gasteiger partial charge in [0.25, 0.3) is 0 Å². The zero-order valence-electron chi connectivity index (χ0n) is 32.3. The summed E-state index contributed by atoms with van der Waals surface area (Å²) in [6, 6.07) is 82.3. The van der Waals surface area contributed by atoms with Gasteiger partial charge in [0.15, 0.2) is 0 Å². The van der Waals surface area contributed by atoms with E-state index in [-0.39, 0.29) is 0 Å². The number of pyridine rings is 1. The predicted molar refractivity (Wildman–Crippen MR) is 245 cm³/mol. The van der Waals surface area contributed by atoms with Crippen LogP contribution < -0.4 is 0 Å². The molecule has 9 aromatic carbocycles. The first-order valence-corrected chi connectivity index (χ1v) is 20.5. The fourth-order valence-electron chi connectivity index (χ4n) is 10.2. The second-order valence-corrected chi connectivity index (χ2v) is 15.8. The first-order chi connectivity index (χ1) is 29.3. The van der Waals surface area contributed by atoms with Gasteiger partial charge in [0, 0.05) is 11.1 Å². The molecule has 0 radical (unpaired) electrons. The molecular weight excluding hydrogens is 711 g/mol. The quantitative estimate of drug-likeness (QED) is 0.171. The van der Waals surface area contributed by atoms with E-state index < -0.39 is 5.41 Å². The molecule has 0 bridgehead atoms. The van der Waals surface area contributed by atoms with E-state index in [1.54, 1.807) is 0 Å². The fourth-order valence-corrected chi connectivity index (χ4v) is 10.2. The lowest BCUT2D eigenvalue weighted by Gasteiger charge is -2.31. The summed E-state index contributed by atoms with van der Waals surface area (Å²) in [5, 5.41) is 2.56. The Balaban J connectivity index is 1.05. The van der Waals surface area contributed by atoms with Gasteiger partial charge in [0.1, 0.15) is 0 Å². The number of rotatable bonds is 5. The van der Waals surface area contributed by atoms with Crippen molar-refractivity contribution in [1.82, 2.24) is 4.98 Å². The monoisotopic (exact) mass is 747 g/mol. The average Bonchev–Trinajstić information content (AvgIpc) is 3.80. The van der Waals surface area contributed by atoms with Gasteiger partial charge in [-0.05, 0) is 119 Å². The van der Waals surface area contributed by atoms with Gasteiger partial charge in [-0.3, -0.25) is 0 Å². The number of benzene rings is 9. The van der Waals surface area contributed by atoms with Crippen LogP contribution in [0.25, 0.3) is 88.9 Å². The molecule has 2 aliphatic carbocycles. The highest BCUT2D eigenvalue weighted by Gasteiger charge is 2.52. The van der Waals surface area contributed by atoms with Gasteiger partial charge in [-0.2, -0.15) is 0 Å². The summed E-state index contributed by atoms with van der Waals surface area (Å²) in [5.74, 6) is 0. The van der Waals surface area contributed by atoms with Crippen LogP contribution >= 0.6 is 0 Å². The van der Waals surface area contributed by atoms with Gasteiger partial charge < -0.3 is 0 Å². The molecule has 59 heavy (non-hydrogen) atoms. The van der Waals surface area contributed by atoms with Crippen LogP contribution in [-0.4, -0.2) is 4.98 Å². The maximum Gasteiger partial charge on any atom is 0.0731 e. The minimum absolute atomic E-state index is 0.428. The highest BCUT2D eigenvalue weighted by atomic mass is 14.7. The van der Waals surface area contributed by atoms with Crippen molar-refractivity contribution in [3.8, 4) is 78.1 Å². The van der Waals surface area contributed by atoms with Gasteiger partial charge in [0.2, 0.25) is 0 Å². The molecule has 0 saturated heterocycles. The lowest BCUT2D eigenvalue weighted by atomic mass is 9.69. The molecule has 1 spiro atoms. The number of hydrogen-bond donors (Lipinski definition) is 0. The van der Waals surface area contributed by atoms with E-state index >= 15 is 0 Å². The van der Waals surface area contributed by atoms with Gasteiger partial charge in [-0.1, -0.05) is 194 Å². The second kappa shape index (κ2) is 13.2. The lowest BCUT2D eigenvalue weighted by molar-refractivity contribution is 0.801.